The first-order valence-corrected chi connectivity index (χ1v) is 7.51. The van der Waals surface area contributed by atoms with Gasteiger partial charge < -0.3 is 9.47 Å². The van der Waals surface area contributed by atoms with E-state index in [-0.39, 0.29) is 5.78 Å². The highest BCUT2D eigenvalue weighted by molar-refractivity contribution is 9.10. The highest BCUT2D eigenvalue weighted by Gasteiger charge is 2.14. The van der Waals surface area contributed by atoms with Crippen molar-refractivity contribution >= 4 is 21.7 Å². The Balaban J connectivity index is 2.25. The van der Waals surface area contributed by atoms with Gasteiger partial charge in [-0.15, -0.1) is 0 Å². The standard InChI is InChI=1S/C17H17BrO3/c1-3-21-17-8-7-13(18)11-15(17)16(19)10-12-5-4-6-14(9-12)20-2/h4-9,11H,3,10H2,1-2H3. The Hall–Kier alpha value is -1.81. The minimum Gasteiger partial charge on any atom is -0.497 e. The average Bonchev–Trinajstić information content (AvgIpc) is 2.49. The number of Topliss-reactive ketones (excluding diaryl/α,β-unsaturated/α-hetero) is 1. The monoisotopic (exact) mass is 348 g/mol. The Morgan fingerprint density at radius 1 is 1.19 bits per heavy atom. The molecule has 21 heavy (non-hydrogen) atoms. The Labute approximate surface area is 133 Å². The molecule has 2 aromatic rings. The van der Waals surface area contributed by atoms with E-state index < -0.39 is 0 Å². The van der Waals surface area contributed by atoms with Crippen molar-refractivity contribution in [2.75, 3.05) is 13.7 Å². The van der Waals surface area contributed by atoms with Gasteiger partial charge in [0.15, 0.2) is 5.78 Å². The second-order valence-corrected chi connectivity index (χ2v) is 5.44. The third-order valence-electron chi connectivity index (χ3n) is 3.04. The fraction of sp³-hybridized carbons (Fsp3) is 0.235. The molecule has 0 saturated heterocycles. The summed E-state index contributed by atoms with van der Waals surface area (Å²) in [5.74, 6) is 1.39. The topological polar surface area (TPSA) is 35.5 Å². The van der Waals surface area contributed by atoms with Crippen molar-refractivity contribution in [1.82, 2.24) is 0 Å². The summed E-state index contributed by atoms with van der Waals surface area (Å²) in [6.45, 7) is 2.43. The third-order valence-corrected chi connectivity index (χ3v) is 3.53. The van der Waals surface area contributed by atoms with E-state index in [1.54, 1.807) is 13.2 Å². The van der Waals surface area contributed by atoms with E-state index in [1.807, 2.05) is 43.3 Å². The number of ketones is 1. The maximum absolute atomic E-state index is 12.5. The molecule has 2 aromatic carbocycles. The molecule has 0 atom stereocenters. The molecule has 0 aliphatic heterocycles. The van der Waals surface area contributed by atoms with Crippen LogP contribution in [0.5, 0.6) is 11.5 Å². The number of hydrogen-bond acceptors (Lipinski definition) is 3. The molecule has 0 fully saturated rings. The van der Waals surface area contributed by atoms with Gasteiger partial charge in [-0.05, 0) is 42.8 Å². The lowest BCUT2D eigenvalue weighted by Crippen LogP contribution is -2.07. The Morgan fingerprint density at radius 2 is 2.00 bits per heavy atom. The molecule has 2 rings (SSSR count). The molecule has 0 heterocycles. The highest BCUT2D eigenvalue weighted by Crippen LogP contribution is 2.25. The lowest BCUT2D eigenvalue weighted by Gasteiger charge is -2.10. The van der Waals surface area contributed by atoms with Crippen LogP contribution in [0.4, 0.5) is 0 Å². The summed E-state index contributed by atoms with van der Waals surface area (Å²) in [5, 5.41) is 0. The summed E-state index contributed by atoms with van der Waals surface area (Å²) in [5.41, 5.74) is 1.51. The number of ether oxygens (including phenoxy) is 2. The van der Waals surface area contributed by atoms with E-state index >= 15 is 0 Å². The van der Waals surface area contributed by atoms with E-state index in [0.29, 0.717) is 24.3 Å². The zero-order chi connectivity index (χ0) is 15.2. The van der Waals surface area contributed by atoms with Crippen LogP contribution in [-0.2, 0) is 6.42 Å². The molecular weight excluding hydrogens is 332 g/mol. The van der Waals surface area contributed by atoms with Gasteiger partial charge in [-0.2, -0.15) is 0 Å². The van der Waals surface area contributed by atoms with Crippen molar-refractivity contribution < 1.29 is 14.3 Å². The van der Waals surface area contributed by atoms with Crippen LogP contribution in [0.25, 0.3) is 0 Å². The van der Waals surface area contributed by atoms with Crippen molar-refractivity contribution in [3.63, 3.8) is 0 Å². The molecule has 4 heteroatoms. The van der Waals surface area contributed by atoms with Gasteiger partial charge in [-0.25, -0.2) is 0 Å². The fourth-order valence-electron chi connectivity index (χ4n) is 2.06. The minimum atomic E-state index is 0.0213. The number of methoxy groups -OCH3 is 1. The molecule has 0 bridgehead atoms. The molecule has 0 spiro atoms. The summed E-state index contributed by atoms with van der Waals surface area (Å²) in [6, 6.07) is 13.0. The molecule has 0 amide bonds. The van der Waals surface area contributed by atoms with Gasteiger partial charge in [0.25, 0.3) is 0 Å². The normalized spacial score (nSPS) is 10.2. The molecule has 0 saturated carbocycles. The Bertz CT molecular complexity index is 638. The Morgan fingerprint density at radius 3 is 2.71 bits per heavy atom. The first-order valence-electron chi connectivity index (χ1n) is 6.72. The molecule has 3 nitrogen and oxygen atoms in total. The lowest BCUT2D eigenvalue weighted by atomic mass is 10.0. The van der Waals surface area contributed by atoms with Crippen LogP contribution in [0.15, 0.2) is 46.9 Å². The quantitative estimate of drug-likeness (QED) is 0.730. The van der Waals surface area contributed by atoms with Crippen LogP contribution in [0, 0.1) is 0 Å². The average molecular weight is 349 g/mol. The number of hydrogen-bond donors (Lipinski definition) is 0. The van der Waals surface area contributed by atoms with Gasteiger partial charge in [-0.1, -0.05) is 28.1 Å². The second kappa shape index (κ2) is 7.27. The molecule has 0 aliphatic carbocycles. The van der Waals surface area contributed by atoms with Crippen molar-refractivity contribution in [1.29, 1.82) is 0 Å². The van der Waals surface area contributed by atoms with Crippen molar-refractivity contribution in [2.45, 2.75) is 13.3 Å². The van der Waals surface area contributed by atoms with Gasteiger partial charge in [0.2, 0.25) is 0 Å². The second-order valence-electron chi connectivity index (χ2n) is 4.52. The number of halogens is 1. The SMILES string of the molecule is CCOc1ccc(Br)cc1C(=O)Cc1cccc(OC)c1. The van der Waals surface area contributed by atoms with Gasteiger partial charge in [0.1, 0.15) is 11.5 Å². The van der Waals surface area contributed by atoms with Crippen LogP contribution < -0.4 is 9.47 Å². The van der Waals surface area contributed by atoms with Gasteiger partial charge in [0, 0.05) is 10.9 Å². The van der Waals surface area contributed by atoms with E-state index in [9.17, 15) is 4.79 Å². The number of benzene rings is 2. The molecule has 0 radical (unpaired) electrons. The van der Waals surface area contributed by atoms with E-state index in [1.165, 1.54) is 0 Å². The van der Waals surface area contributed by atoms with Gasteiger partial charge in [-0.3, -0.25) is 4.79 Å². The third kappa shape index (κ3) is 4.08. The van der Waals surface area contributed by atoms with Crippen LogP contribution in [0.2, 0.25) is 0 Å². The fourth-order valence-corrected chi connectivity index (χ4v) is 2.43. The minimum absolute atomic E-state index is 0.0213. The molecule has 110 valence electrons. The molecular formula is C17H17BrO3. The summed E-state index contributed by atoms with van der Waals surface area (Å²) < 4.78 is 11.6. The molecule has 0 aliphatic rings. The number of carbonyl (C=O) groups excluding carboxylic acids is 1. The lowest BCUT2D eigenvalue weighted by molar-refractivity contribution is 0.0989. The highest BCUT2D eigenvalue weighted by atomic mass is 79.9. The van der Waals surface area contributed by atoms with Crippen molar-refractivity contribution in [3.05, 3.63) is 58.1 Å². The van der Waals surface area contributed by atoms with E-state index in [0.717, 1.165) is 15.8 Å². The maximum Gasteiger partial charge on any atom is 0.170 e. The molecule has 0 aromatic heterocycles. The predicted octanol–water partition coefficient (Wildman–Crippen LogP) is 4.28. The van der Waals surface area contributed by atoms with Crippen molar-refractivity contribution in [3.8, 4) is 11.5 Å². The van der Waals surface area contributed by atoms with Crippen LogP contribution >= 0.6 is 15.9 Å². The zero-order valence-corrected chi connectivity index (χ0v) is 13.6. The maximum atomic E-state index is 12.5. The summed E-state index contributed by atoms with van der Waals surface area (Å²) in [7, 11) is 1.61. The summed E-state index contributed by atoms with van der Waals surface area (Å²) >= 11 is 3.40. The largest absolute Gasteiger partial charge is 0.497 e. The first-order chi connectivity index (χ1) is 10.1. The number of rotatable bonds is 6. The first kappa shape index (κ1) is 15.6. The Kier molecular flexibility index (Phi) is 5.39. The van der Waals surface area contributed by atoms with Gasteiger partial charge in [0.05, 0.1) is 19.3 Å². The van der Waals surface area contributed by atoms with Gasteiger partial charge >= 0.3 is 0 Å². The molecule has 0 N–H and O–H groups in total. The van der Waals surface area contributed by atoms with E-state index in [2.05, 4.69) is 15.9 Å². The summed E-state index contributed by atoms with van der Waals surface area (Å²) in [4.78, 5) is 12.5. The molecule has 0 unspecified atom stereocenters. The zero-order valence-electron chi connectivity index (χ0n) is 12.1. The van der Waals surface area contributed by atoms with Crippen LogP contribution in [-0.4, -0.2) is 19.5 Å². The number of carbonyl (C=O) groups is 1. The van der Waals surface area contributed by atoms with Crippen molar-refractivity contribution in [2.24, 2.45) is 0 Å². The van der Waals surface area contributed by atoms with E-state index in [4.69, 9.17) is 9.47 Å². The predicted molar refractivity (Wildman–Crippen MR) is 86.3 cm³/mol. The summed E-state index contributed by atoms with van der Waals surface area (Å²) in [6.07, 6.45) is 0.313. The smallest absolute Gasteiger partial charge is 0.170 e. The van der Waals surface area contributed by atoms with Crippen LogP contribution in [0.3, 0.4) is 0 Å². The van der Waals surface area contributed by atoms with Crippen LogP contribution in [0.1, 0.15) is 22.8 Å².